The molecule has 1 saturated heterocycles. The zero-order chi connectivity index (χ0) is 22.6. The number of carbonyl (C=O) groups excluding carboxylic acids is 2. The van der Waals surface area contributed by atoms with Crippen molar-refractivity contribution in [3.63, 3.8) is 0 Å². The van der Waals surface area contributed by atoms with Crippen LogP contribution in [0.5, 0.6) is 0 Å². The number of nitrogens with one attached hydrogen (secondary N) is 1. The van der Waals surface area contributed by atoms with E-state index in [0.29, 0.717) is 0 Å². The summed E-state index contributed by atoms with van der Waals surface area (Å²) in [5, 5.41) is 6.51. The molecule has 0 spiro atoms. The summed E-state index contributed by atoms with van der Waals surface area (Å²) >= 11 is 6.58. The predicted molar refractivity (Wildman–Crippen MR) is 137 cm³/mol. The van der Waals surface area contributed by atoms with Crippen LogP contribution >= 0.6 is 23.6 Å². The van der Waals surface area contributed by atoms with Crippen LogP contribution in [0.1, 0.15) is 4.88 Å². The van der Waals surface area contributed by atoms with Gasteiger partial charge in [0.25, 0.3) is 11.8 Å². The molecule has 5 nitrogen and oxygen atoms in total. The topological polar surface area (TPSA) is 52.7 Å². The number of carbonyl (C=O) groups is 2. The van der Waals surface area contributed by atoms with Crippen LogP contribution in [0, 0.1) is 0 Å². The minimum Gasteiger partial charge on any atom is -0.302 e. The van der Waals surface area contributed by atoms with Gasteiger partial charge in [-0.15, -0.1) is 11.3 Å². The van der Waals surface area contributed by atoms with Crippen LogP contribution in [-0.2, 0) is 9.59 Å². The molecule has 1 fully saturated rings. The quantitative estimate of drug-likeness (QED) is 0.266. The van der Waals surface area contributed by atoms with Crippen molar-refractivity contribution in [2.75, 3.05) is 11.9 Å². The van der Waals surface area contributed by atoms with Crippen LogP contribution < -0.4 is 20.6 Å². The number of fused-ring (bicyclic) bond motifs is 2. The number of benzene rings is 2. The van der Waals surface area contributed by atoms with Gasteiger partial charge in [-0.05, 0) is 52.9 Å². The predicted octanol–water partition coefficient (Wildman–Crippen LogP) is 3.61. The molecular weight excluding hydrogens is 455 g/mol. The Bertz CT molecular complexity index is 1280. The molecule has 3 aromatic rings. The van der Waals surface area contributed by atoms with Crippen molar-refractivity contribution in [1.82, 2.24) is 10.2 Å². The van der Waals surface area contributed by atoms with E-state index in [1.165, 1.54) is 26.6 Å². The second-order valence-electron chi connectivity index (χ2n) is 8.35. The van der Waals surface area contributed by atoms with E-state index >= 15 is 0 Å². The third kappa shape index (κ3) is 3.14. The number of hydrogen-bond acceptors (Lipinski definition) is 5. The molecule has 0 atom stereocenters. The van der Waals surface area contributed by atoms with E-state index in [4.69, 9.17) is 12.2 Å². The number of thiophene rings is 1. The molecule has 2 aliphatic heterocycles. The van der Waals surface area contributed by atoms with Crippen molar-refractivity contribution in [3.05, 3.63) is 71.1 Å². The van der Waals surface area contributed by atoms with Crippen molar-refractivity contribution < 1.29 is 9.59 Å². The lowest BCUT2D eigenvalue weighted by molar-refractivity contribution is -0.128. The van der Waals surface area contributed by atoms with Crippen molar-refractivity contribution in [2.45, 2.75) is 13.1 Å². The monoisotopic (exact) mass is 475 g/mol. The first-order valence-electron chi connectivity index (χ1n) is 10.2. The van der Waals surface area contributed by atoms with Crippen LogP contribution in [-0.4, -0.2) is 36.9 Å². The minimum absolute atomic E-state index is 0.0856. The highest BCUT2D eigenvalue weighted by atomic mass is 32.1. The highest BCUT2D eigenvalue weighted by Crippen LogP contribution is 2.41. The Balaban J connectivity index is 1.60. The summed E-state index contributed by atoms with van der Waals surface area (Å²) in [6.45, 7) is 4.78. The van der Waals surface area contributed by atoms with Gasteiger partial charge in [-0.25, -0.2) is 0 Å². The van der Waals surface area contributed by atoms with Gasteiger partial charge in [-0.2, -0.15) is 0 Å². The second kappa shape index (κ2) is 7.51. The molecule has 2 aliphatic rings. The zero-order valence-electron chi connectivity index (χ0n) is 17.9. The molecule has 2 amide bonds. The number of nitrogens with zero attached hydrogens (tertiary/aromatic N) is 2. The molecule has 0 aliphatic carbocycles. The third-order valence-corrected chi connectivity index (χ3v) is 11.0. The molecule has 2 aromatic carbocycles. The maximum atomic E-state index is 12.6. The van der Waals surface area contributed by atoms with E-state index in [-0.39, 0.29) is 10.7 Å². The van der Waals surface area contributed by atoms with E-state index < -0.39 is 19.9 Å². The fourth-order valence-electron chi connectivity index (χ4n) is 4.33. The van der Waals surface area contributed by atoms with Crippen LogP contribution in [0.3, 0.4) is 0 Å². The summed E-state index contributed by atoms with van der Waals surface area (Å²) in [6.07, 6.45) is 1.64. The SMILES string of the molecule is CN1C(=O)/C(=C/c2ccc(N3c4ccccc4[Si](C)(C)c4ccccc43)s2)C(=O)NC1=S. The first-order chi connectivity index (χ1) is 15.3. The summed E-state index contributed by atoms with van der Waals surface area (Å²) in [4.78, 5) is 29.3. The Labute approximate surface area is 197 Å². The Morgan fingerprint density at radius 1 is 0.938 bits per heavy atom. The van der Waals surface area contributed by atoms with Crippen molar-refractivity contribution in [1.29, 1.82) is 0 Å². The molecule has 32 heavy (non-hydrogen) atoms. The lowest BCUT2D eigenvalue weighted by atomic mass is 10.1. The third-order valence-electron chi connectivity index (χ3n) is 6.06. The summed E-state index contributed by atoms with van der Waals surface area (Å²) < 4.78 is 0. The molecular formula is C24H21N3O2S2Si. The summed E-state index contributed by atoms with van der Waals surface area (Å²) in [7, 11) is -0.271. The van der Waals surface area contributed by atoms with Gasteiger partial charge in [-0.3, -0.25) is 19.8 Å². The molecule has 1 aromatic heterocycles. The van der Waals surface area contributed by atoms with Crippen molar-refractivity contribution in [3.8, 4) is 0 Å². The first kappa shape index (κ1) is 20.8. The molecule has 160 valence electrons. The normalized spacial score (nSPS) is 18.5. The van der Waals surface area contributed by atoms with Crippen LogP contribution in [0.4, 0.5) is 16.4 Å². The molecule has 8 heteroatoms. The molecule has 5 rings (SSSR count). The fraction of sp³-hybridized carbons (Fsp3) is 0.125. The van der Waals surface area contributed by atoms with Gasteiger partial charge in [0.1, 0.15) is 18.6 Å². The maximum absolute atomic E-state index is 12.6. The van der Waals surface area contributed by atoms with Gasteiger partial charge >= 0.3 is 0 Å². The number of likely N-dealkylation sites (N-methyl/N-ethyl adjacent to an activating group) is 1. The summed E-state index contributed by atoms with van der Waals surface area (Å²) in [6, 6.07) is 21.2. The lowest BCUT2D eigenvalue weighted by Gasteiger charge is -2.40. The number of anilines is 3. The highest BCUT2D eigenvalue weighted by molar-refractivity contribution is 7.80. The van der Waals surface area contributed by atoms with E-state index in [2.05, 4.69) is 71.8 Å². The van der Waals surface area contributed by atoms with E-state index in [1.807, 2.05) is 12.1 Å². The van der Waals surface area contributed by atoms with E-state index in [9.17, 15) is 9.59 Å². The zero-order valence-corrected chi connectivity index (χ0v) is 20.5. The number of para-hydroxylation sites is 2. The van der Waals surface area contributed by atoms with Crippen LogP contribution in [0.15, 0.2) is 66.2 Å². The number of thiocarbonyl (C=S) groups is 1. The minimum atomic E-state index is -1.83. The van der Waals surface area contributed by atoms with Gasteiger partial charge < -0.3 is 4.90 Å². The second-order valence-corrected chi connectivity index (χ2v) is 14.2. The lowest BCUT2D eigenvalue weighted by Crippen LogP contribution is -2.58. The molecule has 0 saturated carbocycles. The van der Waals surface area contributed by atoms with Gasteiger partial charge in [0.2, 0.25) is 0 Å². The molecule has 0 unspecified atom stereocenters. The number of hydrogen-bond donors (Lipinski definition) is 1. The van der Waals surface area contributed by atoms with Crippen LogP contribution in [0.25, 0.3) is 6.08 Å². The van der Waals surface area contributed by atoms with Crippen LogP contribution in [0.2, 0.25) is 13.1 Å². The van der Waals surface area contributed by atoms with Crippen molar-refractivity contribution >= 4 is 81.4 Å². The van der Waals surface area contributed by atoms with Crippen molar-refractivity contribution in [2.24, 2.45) is 0 Å². The Morgan fingerprint density at radius 2 is 1.53 bits per heavy atom. The summed E-state index contributed by atoms with van der Waals surface area (Å²) in [5.74, 6) is -0.857. The average molecular weight is 476 g/mol. The van der Waals surface area contributed by atoms with Gasteiger partial charge in [-0.1, -0.05) is 49.5 Å². The fourth-order valence-corrected chi connectivity index (χ4v) is 8.48. The average Bonchev–Trinajstić information content (AvgIpc) is 3.24. The van der Waals surface area contributed by atoms with Gasteiger partial charge in [0.05, 0.1) is 0 Å². The molecule has 0 bridgehead atoms. The maximum Gasteiger partial charge on any atom is 0.265 e. The first-order valence-corrected chi connectivity index (χ1v) is 14.5. The van der Waals surface area contributed by atoms with E-state index in [0.717, 1.165) is 9.88 Å². The smallest absolute Gasteiger partial charge is 0.265 e. The van der Waals surface area contributed by atoms with Gasteiger partial charge in [0, 0.05) is 23.3 Å². The molecule has 0 radical (unpaired) electrons. The standard InChI is InChI=1S/C24H21N3O2S2Si/c1-26-23(29)16(22(28)25-24(26)30)14-15-12-13-21(31-15)27-17-8-4-6-10-19(17)32(2,3)20-11-7-5-9-18(20)27/h4-14H,1-3H3,(H,25,28,30)/b16-14+. The Kier molecular flexibility index (Phi) is 4.88. The van der Waals surface area contributed by atoms with E-state index in [1.54, 1.807) is 24.5 Å². The summed E-state index contributed by atoms with van der Waals surface area (Å²) in [5.41, 5.74) is 2.48. The number of amides is 2. The van der Waals surface area contributed by atoms with Gasteiger partial charge in [0.15, 0.2) is 5.11 Å². The highest BCUT2D eigenvalue weighted by Gasteiger charge is 2.38. The Morgan fingerprint density at radius 3 is 2.16 bits per heavy atom. The number of rotatable bonds is 2. The molecule has 1 N–H and O–H groups in total. The Hall–Kier alpha value is -3.07. The largest absolute Gasteiger partial charge is 0.302 e. The molecule has 3 heterocycles.